The molecule has 6 heteroatoms. The van der Waals surface area contributed by atoms with Gasteiger partial charge < -0.3 is 5.73 Å². The van der Waals surface area contributed by atoms with Gasteiger partial charge in [-0.25, -0.2) is 13.1 Å². The molecule has 0 bridgehead atoms. The summed E-state index contributed by atoms with van der Waals surface area (Å²) in [4.78, 5) is 0.256. The van der Waals surface area contributed by atoms with Crippen LogP contribution in [0.1, 0.15) is 18.4 Å². The quantitative estimate of drug-likeness (QED) is 0.780. The fourth-order valence-corrected chi connectivity index (χ4v) is 3.16. The van der Waals surface area contributed by atoms with E-state index in [0.717, 1.165) is 12.8 Å². The van der Waals surface area contributed by atoms with E-state index in [2.05, 4.69) is 4.72 Å². The number of hydrogen-bond donors (Lipinski definition) is 2. The van der Waals surface area contributed by atoms with E-state index in [-0.39, 0.29) is 15.9 Å². The van der Waals surface area contributed by atoms with Gasteiger partial charge in [0.25, 0.3) is 0 Å². The molecule has 0 atom stereocenters. The minimum absolute atomic E-state index is 0.0735. The highest BCUT2D eigenvalue weighted by molar-refractivity contribution is 7.89. The number of nitrogens with one attached hydrogen (secondary N) is 1. The van der Waals surface area contributed by atoms with Crippen LogP contribution < -0.4 is 10.5 Å². The van der Waals surface area contributed by atoms with Gasteiger partial charge >= 0.3 is 0 Å². The lowest BCUT2D eigenvalue weighted by atomic mass is 10.2. The largest absolute Gasteiger partial charge is 0.389 e. The van der Waals surface area contributed by atoms with Crippen LogP contribution >= 0.6 is 12.2 Å². The van der Waals surface area contributed by atoms with E-state index < -0.39 is 10.0 Å². The molecule has 1 aromatic carbocycles. The van der Waals surface area contributed by atoms with E-state index in [9.17, 15) is 8.42 Å². The van der Waals surface area contributed by atoms with Crippen LogP contribution in [0.15, 0.2) is 29.2 Å². The molecular formula is C10H12N2O2S2. The lowest BCUT2D eigenvalue weighted by Gasteiger charge is -2.09. The fraction of sp³-hybridized carbons (Fsp3) is 0.300. The standard InChI is InChI=1S/C10H12N2O2S2/c11-10(15)8-3-1-2-4-9(8)16(13,14)12-7-5-6-7/h1-4,7,12H,5-6H2,(H2,11,15). The molecule has 2 rings (SSSR count). The lowest BCUT2D eigenvalue weighted by Crippen LogP contribution is -2.28. The van der Waals surface area contributed by atoms with Crippen molar-refractivity contribution in [2.45, 2.75) is 23.8 Å². The molecule has 0 radical (unpaired) electrons. The number of thiocarbonyl (C=S) groups is 1. The molecule has 1 saturated carbocycles. The van der Waals surface area contributed by atoms with Crippen LogP contribution in [0.4, 0.5) is 0 Å². The molecule has 0 spiro atoms. The zero-order valence-electron chi connectivity index (χ0n) is 8.51. The first kappa shape index (κ1) is 11.5. The van der Waals surface area contributed by atoms with Crippen LogP contribution in [-0.4, -0.2) is 19.4 Å². The molecule has 0 heterocycles. The first-order valence-corrected chi connectivity index (χ1v) is 6.81. The van der Waals surface area contributed by atoms with Gasteiger partial charge in [0.1, 0.15) is 4.99 Å². The maximum absolute atomic E-state index is 12.0. The summed E-state index contributed by atoms with van der Waals surface area (Å²) in [5, 5.41) is 0. The first-order valence-electron chi connectivity index (χ1n) is 4.92. The Morgan fingerprint density at radius 1 is 1.38 bits per heavy atom. The smallest absolute Gasteiger partial charge is 0.241 e. The second-order valence-corrected chi connectivity index (χ2v) is 5.88. The predicted octanol–water partition coefficient (Wildman–Crippen LogP) is 0.761. The number of sulfonamides is 1. The number of rotatable bonds is 4. The molecule has 0 aromatic heterocycles. The van der Waals surface area contributed by atoms with Gasteiger partial charge in [0, 0.05) is 11.6 Å². The molecule has 1 fully saturated rings. The van der Waals surface area contributed by atoms with Crippen LogP contribution in [0.3, 0.4) is 0 Å². The minimum Gasteiger partial charge on any atom is -0.389 e. The maximum Gasteiger partial charge on any atom is 0.241 e. The molecule has 0 unspecified atom stereocenters. The summed E-state index contributed by atoms with van der Waals surface area (Å²) in [6.07, 6.45) is 1.79. The van der Waals surface area contributed by atoms with Crippen molar-refractivity contribution in [1.29, 1.82) is 0 Å². The number of hydrogen-bond acceptors (Lipinski definition) is 3. The molecule has 86 valence electrons. The first-order chi connectivity index (χ1) is 7.50. The van der Waals surface area contributed by atoms with Gasteiger partial charge in [-0.3, -0.25) is 0 Å². The van der Waals surface area contributed by atoms with Crippen molar-refractivity contribution in [2.24, 2.45) is 5.73 Å². The van der Waals surface area contributed by atoms with Gasteiger partial charge in [0.15, 0.2) is 0 Å². The Balaban J connectivity index is 2.41. The van der Waals surface area contributed by atoms with Crippen molar-refractivity contribution in [3.63, 3.8) is 0 Å². The van der Waals surface area contributed by atoms with Crippen molar-refractivity contribution < 1.29 is 8.42 Å². The average molecular weight is 256 g/mol. The summed E-state index contributed by atoms with van der Waals surface area (Å²) in [5.41, 5.74) is 5.89. The van der Waals surface area contributed by atoms with E-state index in [1.54, 1.807) is 18.2 Å². The van der Waals surface area contributed by atoms with Gasteiger partial charge in [-0.05, 0) is 18.9 Å². The van der Waals surface area contributed by atoms with Gasteiger partial charge in [-0.2, -0.15) is 0 Å². The maximum atomic E-state index is 12.0. The molecular weight excluding hydrogens is 244 g/mol. The highest BCUT2D eigenvalue weighted by Gasteiger charge is 2.29. The SMILES string of the molecule is NC(=S)c1ccccc1S(=O)(=O)NC1CC1. The fourth-order valence-electron chi connectivity index (χ4n) is 1.39. The second kappa shape index (κ2) is 4.12. The Morgan fingerprint density at radius 2 is 2.00 bits per heavy atom. The van der Waals surface area contributed by atoms with Crippen LogP contribution in [0.5, 0.6) is 0 Å². The highest BCUT2D eigenvalue weighted by Crippen LogP contribution is 2.23. The normalized spacial score (nSPS) is 16.0. The van der Waals surface area contributed by atoms with Gasteiger partial charge in [0.2, 0.25) is 10.0 Å². The van der Waals surface area contributed by atoms with Crippen molar-refractivity contribution in [2.75, 3.05) is 0 Å². The Bertz CT molecular complexity index is 521. The molecule has 0 saturated heterocycles. The van der Waals surface area contributed by atoms with Crippen molar-refractivity contribution in [1.82, 2.24) is 4.72 Å². The topological polar surface area (TPSA) is 72.2 Å². The number of benzene rings is 1. The van der Waals surface area contributed by atoms with Crippen molar-refractivity contribution >= 4 is 27.2 Å². The van der Waals surface area contributed by atoms with Crippen molar-refractivity contribution in [3.05, 3.63) is 29.8 Å². The summed E-state index contributed by atoms with van der Waals surface area (Å²) in [6.45, 7) is 0. The third kappa shape index (κ3) is 2.40. The monoisotopic (exact) mass is 256 g/mol. The number of nitrogens with two attached hydrogens (primary N) is 1. The zero-order chi connectivity index (χ0) is 11.8. The summed E-state index contributed by atoms with van der Waals surface area (Å²) in [5.74, 6) is 0. The molecule has 1 aliphatic carbocycles. The molecule has 1 aromatic rings. The molecule has 3 N–H and O–H groups in total. The van der Waals surface area contributed by atoms with Crippen LogP contribution in [-0.2, 0) is 10.0 Å². The van der Waals surface area contributed by atoms with E-state index >= 15 is 0 Å². The molecule has 4 nitrogen and oxygen atoms in total. The average Bonchev–Trinajstić information content (AvgIpc) is 3.01. The Hall–Kier alpha value is -0.980. The summed E-state index contributed by atoms with van der Waals surface area (Å²) in [7, 11) is -3.49. The molecule has 1 aliphatic rings. The third-order valence-electron chi connectivity index (χ3n) is 2.34. The van der Waals surface area contributed by atoms with Crippen LogP contribution in [0.2, 0.25) is 0 Å². The Labute approximate surface area is 99.9 Å². The van der Waals surface area contributed by atoms with E-state index in [0.29, 0.717) is 5.56 Å². The van der Waals surface area contributed by atoms with E-state index in [4.69, 9.17) is 18.0 Å². The summed E-state index contributed by atoms with van der Waals surface area (Å²) >= 11 is 4.83. The Morgan fingerprint density at radius 3 is 2.56 bits per heavy atom. The van der Waals surface area contributed by atoms with E-state index in [1.807, 2.05) is 0 Å². The van der Waals surface area contributed by atoms with Gasteiger partial charge in [-0.1, -0.05) is 30.4 Å². The van der Waals surface area contributed by atoms with Gasteiger partial charge in [0.05, 0.1) is 4.90 Å². The Kier molecular flexibility index (Phi) is 2.96. The van der Waals surface area contributed by atoms with E-state index in [1.165, 1.54) is 6.07 Å². The highest BCUT2D eigenvalue weighted by atomic mass is 32.2. The third-order valence-corrected chi connectivity index (χ3v) is 4.14. The van der Waals surface area contributed by atoms with Crippen LogP contribution in [0, 0.1) is 0 Å². The van der Waals surface area contributed by atoms with Crippen LogP contribution in [0.25, 0.3) is 0 Å². The predicted molar refractivity (Wildman–Crippen MR) is 65.7 cm³/mol. The second-order valence-electron chi connectivity index (χ2n) is 3.76. The summed E-state index contributed by atoms with van der Waals surface area (Å²) in [6, 6.07) is 6.57. The zero-order valence-corrected chi connectivity index (χ0v) is 10.1. The summed E-state index contributed by atoms with van der Waals surface area (Å²) < 4.78 is 26.6. The van der Waals surface area contributed by atoms with Gasteiger partial charge in [-0.15, -0.1) is 0 Å². The molecule has 0 amide bonds. The molecule has 0 aliphatic heterocycles. The lowest BCUT2D eigenvalue weighted by molar-refractivity contribution is 0.581. The molecule has 16 heavy (non-hydrogen) atoms. The van der Waals surface area contributed by atoms with Crippen molar-refractivity contribution in [3.8, 4) is 0 Å². The minimum atomic E-state index is -3.49.